The van der Waals surface area contributed by atoms with Crippen LogP contribution in [-0.4, -0.2) is 126 Å². The molecule has 6 unspecified atom stereocenters. The molecule has 1 saturated carbocycles. The molecule has 1 saturated heterocycles. The molecule has 3 aliphatic rings. The first kappa shape index (κ1) is 30.2. The minimum atomic E-state index is -1.46. The van der Waals surface area contributed by atoms with E-state index in [1.165, 1.54) is 0 Å². The smallest absolute Gasteiger partial charge is 0.249 e. The quantitative estimate of drug-likeness (QED) is 0.117. The molecule has 0 radical (unpaired) electrons. The van der Waals surface area contributed by atoms with Crippen LogP contribution in [0.1, 0.15) is 19.3 Å². The van der Waals surface area contributed by atoms with E-state index in [2.05, 4.69) is 5.32 Å². The second kappa shape index (κ2) is 13.7. The molecule has 2 heterocycles. The summed E-state index contributed by atoms with van der Waals surface area (Å²) in [4.78, 5) is 12.6. The molecule has 3 rings (SSSR count). The van der Waals surface area contributed by atoms with Crippen molar-refractivity contribution in [2.75, 3.05) is 19.7 Å². The Hall–Kier alpha value is -1.31. The van der Waals surface area contributed by atoms with Crippen LogP contribution in [0.15, 0.2) is 12.2 Å². The van der Waals surface area contributed by atoms with Crippen molar-refractivity contribution in [1.82, 2.24) is 5.32 Å². The standard InChI is InChI=1S/C22H42N6O9/c23-4-3-15(30)20(33)28-14-6-13(27)18(36-21-11(25)2-1-9(7-24)34-21)17(32)19(14)37-22-16(31)12(26)5-10(8-29)35-22/h1-2,9-19,21-22,29-32H,3-8,23-27H2,(H,28,33)/t9?,10?,11?,12-,13-,14+,15-,16?,17?,18?,19+,21-,22-/m0/s1. The molecule has 1 amide bonds. The van der Waals surface area contributed by atoms with Gasteiger partial charge in [0.2, 0.25) is 5.91 Å². The van der Waals surface area contributed by atoms with Gasteiger partial charge in [-0.15, -0.1) is 0 Å². The molecule has 0 aromatic carbocycles. The lowest BCUT2D eigenvalue weighted by Gasteiger charge is -2.47. The fourth-order valence-corrected chi connectivity index (χ4v) is 4.72. The van der Waals surface area contributed by atoms with Crippen LogP contribution in [0.3, 0.4) is 0 Å². The van der Waals surface area contributed by atoms with Gasteiger partial charge in [-0.05, 0) is 25.8 Å². The molecule has 13 atom stereocenters. The van der Waals surface area contributed by atoms with Gasteiger partial charge in [-0.3, -0.25) is 4.79 Å². The number of carbonyl (C=O) groups excluding carboxylic acids is 1. The first-order valence-electron chi connectivity index (χ1n) is 12.5. The van der Waals surface area contributed by atoms with Crippen molar-refractivity contribution in [1.29, 1.82) is 0 Å². The van der Waals surface area contributed by atoms with Gasteiger partial charge < -0.3 is 73.4 Å². The second-order valence-electron chi connectivity index (χ2n) is 9.74. The van der Waals surface area contributed by atoms with Crippen LogP contribution in [0.2, 0.25) is 0 Å². The summed E-state index contributed by atoms with van der Waals surface area (Å²) in [6.07, 6.45) is -6.16. The summed E-state index contributed by atoms with van der Waals surface area (Å²) < 4.78 is 23.4. The molecule has 214 valence electrons. The topological polar surface area (TPSA) is 277 Å². The Bertz CT molecular complexity index is 766. The van der Waals surface area contributed by atoms with E-state index in [4.69, 9.17) is 47.6 Å². The van der Waals surface area contributed by atoms with Crippen LogP contribution >= 0.6 is 0 Å². The first-order valence-corrected chi connectivity index (χ1v) is 12.5. The molecule has 0 aromatic rings. The average molecular weight is 535 g/mol. The molecule has 0 aromatic heterocycles. The van der Waals surface area contributed by atoms with Crippen LogP contribution in [0.25, 0.3) is 0 Å². The number of aliphatic hydroxyl groups excluding tert-OH is 4. The van der Waals surface area contributed by atoms with Gasteiger partial charge >= 0.3 is 0 Å². The number of ether oxygens (including phenoxy) is 4. The number of hydrogen-bond acceptors (Lipinski definition) is 14. The van der Waals surface area contributed by atoms with Gasteiger partial charge in [-0.2, -0.15) is 0 Å². The van der Waals surface area contributed by atoms with Crippen LogP contribution in [0.5, 0.6) is 0 Å². The highest BCUT2D eigenvalue weighted by atomic mass is 16.7. The summed E-state index contributed by atoms with van der Waals surface area (Å²) >= 11 is 0. The van der Waals surface area contributed by atoms with Gasteiger partial charge in [0.15, 0.2) is 12.6 Å². The zero-order valence-corrected chi connectivity index (χ0v) is 20.6. The number of hydrogen-bond donors (Lipinski definition) is 10. The number of nitrogens with one attached hydrogen (secondary N) is 1. The Morgan fingerprint density at radius 1 is 1.00 bits per heavy atom. The van der Waals surface area contributed by atoms with Gasteiger partial charge in [0.1, 0.15) is 30.5 Å². The monoisotopic (exact) mass is 534 g/mol. The van der Waals surface area contributed by atoms with E-state index in [1.54, 1.807) is 12.2 Å². The molecule has 0 bridgehead atoms. The van der Waals surface area contributed by atoms with Crippen molar-refractivity contribution in [3.8, 4) is 0 Å². The molecule has 1 aliphatic carbocycles. The highest BCUT2D eigenvalue weighted by Crippen LogP contribution is 2.30. The molecule has 2 aliphatic heterocycles. The fraction of sp³-hybridized carbons (Fsp3) is 0.864. The average Bonchev–Trinajstić information content (AvgIpc) is 2.87. The Labute approximate surface area is 215 Å². The van der Waals surface area contributed by atoms with Crippen molar-refractivity contribution in [3.63, 3.8) is 0 Å². The van der Waals surface area contributed by atoms with E-state index in [0.29, 0.717) is 0 Å². The van der Waals surface area contributed by atoms with Gasteiger partial charge in [0, 0.05) is 18.6 Å². The Morgan fingerprint density at radius 3 is 2.35 bits per heavy atom. The molecule has 0 spiro atoms. The number of nitrogens with two attached hydrogens (primary N) is 5. The third-order valence-electron chi connectivity index (χ3n) is 6.86. The van der Waals surface area contributed by atoms with Crippen LogP contribution in [0.4, 0.5) is 0 Å². The van der Waals surface area contributed by atoms with E-state index in [-0.39, 0.29) is 39.0 Å². The fourth-order valence-electron chi connectivity index (χ4n) is 4.72. The van der Waals surface area contributed by atoms with E-state index in [9.17, 15) is 25.2 Å². The Morgan fingerprint density at radius 2 is 1.70 bits per heavy atom. The van der Waals surface area contributed by atoms with Gasteiger partial charge in [0.25, 0.3) is 0 Å². The third-order valence-corrected chi connectivity index (χ3v) is 6.86. The maximum atomic E-state index is 12.6. The third kappa shape index (κ3) is 7.42. The zero-order chi connectivity index (χ0) is 27.3. The molecule has 15 heteroatoms. The zero-order valence-electron chi connectivity index (χ0n) is 20.6. The normalized spacial score (nSPS) is 43.4. The molecule has 37 heavy (non-hydrogen) atoms. The summed E-state index contributed by atoms with van der Waals surface area (Å²) in [5.41, 5.74) is 29.5. The summed E-state index contributed by atoms with van der Waals surface area (Å²) in [5.74, 6) is -0.730. The molecule has 2 fully saturated rings. The minimum Gasteiger partial charge on any atom is -0.394 e. The van der Waals surface area contributed by atoms with Gasteiger partial charge in [0.05, 0.1) is 30.9 Å². The first-order chi connectivity index (χ1) is 17.6. The maximum absolute atomic E-state index is 12.6. The number of carbonyl (C=O) groups is 1. The van der Waals surface area contributed by atoms with Crippen molar-refractivity contribution in [2.45, 2.75) is 98.7 Å². The van der Waals surface area contributed by atoms with E-state index in [1.807, 2.05) is 0 Å². The number of amides is 1. The van der Waals surface area contributed by atoms with Crippen molar-refractivity contribution in [2.24, 2.45) is 28.7 Å². The lowest BCUT2D eigenvalue weighted by Crippen LogP contribution is -2.68. The summed E-state index contributed by atoms with van der Waals surface area (Å²) in [6.45, 7) is -0.0849. The highest BCUT2D eigenvalue weighted by Gasteiger charge is 2.49. The summed E-state index contributed by atoms with van der Waals surface area (Å²) in [6, 6.07) is -3.14. The molecule has 15 nitrogen and oxygen atoms in total. The lowest BCUT2D eigenvalue weighted by atomic mass is 9.83. The maximum Gasteiger partial charge on any atom is 0.249 e. The largest absolute Gasteiger partial charge is 0.394 e. The Kier molecular flexibility index (Phi) is 11.2. The van der Waals surface area contributed by atoms with Crippen LogP contribution in [0, 0.1) is 0 Å². The van der Waals surface area contributed by atoms with E-state index < -0.39 is 85.4 Å². The van der Waals surface area contributed by atoms with E-state index >= 15 is 0 Å². The molecule has 15 N–H and O–H groups in total. The SMILES string of the molecule is NCC[C@H](O)C(=O)N[C@@H]1C[C@H](N)C(O[C@@H]2OC(CN)C=CC2N)C(O)[C@@H]1O[C@@H]1OC(CO)C[C@H](N)C1O. The van der Waals surface area contributed by atoms with Crippen molar-refractivity contribution >= 4 is 5.91 Å². The number of aliphatic hydroxyl groups is 4. The Balaban J connectivity index is 1.81. The second-order valence-corrected chi connectivity index (χ2v) is 9.74. The predicted molar refractivity (Wildman–Crippen MR) is 129 cm³/mol. The molecular weight excluding hydrogens is 492 g/mol. The predicted octanol–water partition coefficient (Wildman–Crippen LogP) is -5.59. The molecular formula is C22H42N6O9. The van der Waals surface area contributed by atoms with Crippen LogP contribution < -0.4 is 34.0 Å². The number of rotatable bonds is 10. The lowest BCUT2D eigenvalue weighted by molar-refractivity contribution is -0.297. The van der Waals surface area contributed by atoms with Crippen LogP contribution in [-0.2, 0) is 23.7 Å². The highest BCUT2D eigenvalue weighted by molar-refractivity contribution is 5.80. The van der Waals surface area contributed by atoms with Crippen molar-refractivity contribution in [3.05, 3.63) is 12.2 Å². The summed E-state index contributed by atoms with van der Waals surface area (Å²) in [7, 11) is 0. The van der Waals surface area contributed by atoms with Gasteiger partial charge in [-0.1, -0.05) is 12.2 Å². The van der Waals surface area contributed by atoms with E-state index in [0.717, 1.165) is 0 Å². The van der Waals surface area contributed by atoms with Crippen molar-refractivity contribution < 1.29 is 44.2 Å². The van der Waals surface area contributed by atoms with Gasteiger partial charge in [-0.25, -0.2) is 0 Å². The minimum absolute atomic E-state index is 0.0225. The summed E-state index contributed by atoms with van der Waals surface area (Å²) in [5, 5.41) is 44.2.